The van der Waals surface area contributed by atoms with Gasteiger partial charge in [0.2, 0.25) is 0 Å². The van der Waals surface area contributed by atoms with Gasteiger partial charge in [-0.15, -0.1) is 0 Å². The zero-order valence-corrected chi connectivity index (χ0v) is 10.7. The van der Waals surface area contributed by atoms with Gasteiger partial charge in [0.15, 0.2) is 4.67 Å². The number of furan rings is 1. The van der Waals surface area contributed by atoms with Crippen LogP contribution in [0.4, 0.5) is 0 Å². The molecule has 0 aliphatic carbocycles. The van der Waals surface area contributed by atoms with Crippen LogP contribution in [0.2, 0.25) is 0 Å². The smallest absolute Gasteiger partial charge is 0.258 e. The van der Waals surface area contributed by atoms with E-state index in [4.69, 9.17) is 10.2 Å². The van der Waals surface area contributed by atoms with E-state index >= 15 is 0 Å². The molecule has 1 amide bonds. The molecule has 0 spiro atoms. The zero-order chi connectivity index (χ0) is 11.7. The summed E-state index contributed by atoms with van der Waals surface area (Å²) in [5.74, 6) is 0.0139. The Hall–Kier alpha value is -0.810. The number of piperidine rings is 1. The minimum Gasteiger partial charge on any atom is -0.457 e. The highest BCUT2D eigenvalue weighted by Crippen LogP contribution is 2.23. The van der Waals surface area contributed by atoms with Gasteiger partial charge in [0, 0.05) is 18.6 Å². The van der Waals surface area contributed by atoms with E-state index < -0.39 is 0 Å². The normalized spacial score (nSPS) is 25.8. The standard InChI is InChI=1S/C11H15BrN2O2/c1-7-6-8(13)2-4-14(7)11(15)9-3-5-16-10(9)12/h3,5,7-8H,2,4,6,13H2,1H3. The highest BCUT2D eigenvalue weighted by atomic mass is 79.9. The van der Waals surface area contributed by atoms with Crippen molar-refractivity contribution in [2.24, 2.45) is 5.73 Å². The molecule has 0 radical (unpaired) electrons. The number of nitrogens with two attached hydrogens (primary N) is 1. The number of amides is 1. The number of hydrogen-bond donors (Lipinski definition) is 1. The van der Waals surface area contributed by atoms with Gasteiger partial charge in [-0.3, -0.25) is 4.79 Å². The summed E-state index contributed by atoms with van der Waals surface area (Å²) in [6.45, 7) is 2.75. The molecule has 2 atom stereocenters. The third kappa shape index (κ3) is 2.15. The summed E-state index contributed by atoms with van der Waals surface area (Å²) in [4.78, 5) is 14.1. The van der Waals surface area contributed by atoms with Gasteiger partial charge >= 0.3 is 0 Å². The molecule has 2 heterocycles. The van der Waals surface area contributed by atoms with Gasteiger partial charge in [-0.05, 0) is 41.8 Å². The summed E-state index contributed by atoms with van der Waals surface area (Å²) >= 11 is 3.23. The van der Waals surface area contributed by atoms with Crippen LogP contribution in [-0.2, 0) is 0 Å². The van der Waals surface area contributed by atoms with Gasteiger partial charge < -0.3 is 15.1 Å². The summed E-state index contributed by atoms with van der Waals surface area (Å²) in [6, 6.07) is 2.10. The molecule has 1 aromatic heterocycles. The maximum absolute atomic E-state index is 12.2. The molecule has 0 saturated carbocycles. The molecular formula is C11H15BrN2O2. The van der Waals surface area contributed by atoms with Crippen LogP contribution in [0, 0.1) is 0 Å². The van der Waals surface area contributed by atoms with Crippen molar-refractivity contribution in [2.45, 2.75) is 31.8 Å². The molecule has 1 aromatic rings. The average Bonchev–Trinajstić information content (AvgIpc) is 2.63. The largest absolute Gasteiger partial charge is 0.457 e. The van der Waals surface area contributed by atoms with E-state index in [2.05, 4.69) is 15.9 Å². The minimum atomic E-state index is 0.0139. The molecule has 1 fully saturated rings. The first-order valence-corrected chi connectivity index (χ1v) is 6.18. The van der Waals surface area contributed by atoms with Crippen LogP contribution in [0.3, 0.4) is 0 Å². The lowest BCUT2D eigenvalue weighted by Crippen LogP contribution is -2.48. The number of likely N-dealkylation sites (tertiary alicyclic amines) is 1. The van der Waals surface area contributed by atoms with Crippen LogP contribution in [0.5, 0.6) is 0 Å². The van der Waals surface area contributed by atoms with Crippen molar-refractivity contribution < 1.29 is 9.21 Å². The SMILES string of the molecule is CC1CC(N)CCN1C(=O)c1ccoc1Br. The molecule has 4 nitrogen and oxygen atoms in total. The Bertz CT molecular complexity index is 391. The fourth-order valence-electron chi connectivity index (χ4n) is 2.11. The van der Waals surface area contributed by atoms with Crippen LogP contribution in [0.25, 0.3) is 0 Å². The lowest BCUT2D eigenvalue weighted by Gasteiger charge is -2.36. The number of hydrogen-bond acceptors (Lipinski definition) is 3. The van der Waals surface area contributed by atoms with Crippen molar-refractivity contribution in [3.63, 3.8) is 0 Å². The van der Waals surface area contributed by atoms with Gasteiger partial charge in [-0.2, -0.15) is 0 Å². The molecule has 0 aromatic carbocycles. The van der Waals surface area contributed by atoms with E-state index in [9.17, 15) is 4.79 Å². The second-order valence-electron chi connectivity index (χ2n) is 4.24. The fraction of sp³-hybridized carbons (Fsp3) is 0.545. The number of carbonyl (C=O) groups excluding carboxylic acids is 1. The Labute approximate surface area is 103 Å². The van der Waals surface area contributed by atoms with Gasteiger partial charge in [-0.1, -0.05) is 0 Å². The second-order valence-corrected chi connectivity index (χ2v) is 4.96. The predicted molar refractivity (Wildman–Crippen MR) is 64.1 cm³/mol. The maximum Gasteiger partial charge on any atom is 0.258 e. The Morgan fingerprint density at radius 1 is 1.69 bits per heavy atom. The minimum absolute atomic E-state index is 0.0139. The van der Waals surface area contributed by atoms with Gasteiger partial charge in [-0.25, -0.2) is 0 Å². The number of rotatable bonds is 1. The zero-order valence-electron chi connectivity index (χ0n) is 9.15. The highest BCUT2D eigenvalue weighted by molar-refractivity contribution is 9.10. The molecular weight excluding hydrogens is 272 g/mol. The summed E-state index contributed by atoms with van der Waals surface area (Å²) in [7, 11) is 0. The first kappa shape index (κ1) is 11.7. The van der Waals surface area contributed by atoms with Crippen LogP contribution < -0.4 is 5.73 Å². The molecule has 88 valence electrons. The van der Waals surface area contributed by atoms with Crippen molar-refractivity contribution in [3.05, 3.63) is 22.6 Å². The quantitative estimate of drug-likeness (QED) is 0.859. The van der Waals surface area contributed by atoms with E-state index in [1.807, 2.05) is 11.8 Å². The van der Waals surface area contributed by atoms with Gasteiger partial charge in [0.05, 0.1) is 11.8 Å². The molecule has 16 heavy (non-hydrogen) atoms. The van der Waals surface area contributed by atoms with Crippen LogP contribution in [-0.4, -0.2) is 29.4 Å². The number of nitrogens with zero attached hydrogens (tertiary/aromatic N) is 1. The molecule has 2 N–H and O–H groups in total. The van der Waals surface area contributed by atoms with Crippen LogP contribution in [0.1, 0.15) is 30.1 Å². The summed E-state index contributed by atoms with van der Waals surface area (Å²) in [6.07, 6.45) is 3.24. The first-order valence-electron chi connectivity index (χ1n) is 5.39. The van der Waals surface area contributed by atoms with Crippen molar-refractivity contribution >= 4 is 21.8 Å². The Morgan fingerprint density at radius 2 is 2.44 bits per heavy atom. The molecule has 1 saturated heterocycles. The Balaban J connectivity index is 2.14. The van der Waals surface area contributed by atoms with Gasteiger partial charge in [0.1, 0.15) is 0 Å². The highest BCUT2D eigenvalue weighted by Gasteiger charge is 2.29. The maximum atomic E-state index is 12.2. The molecule has 2 rings (SSSR count). The van der Waals surface area contributed by atoms with Crippen LogP contribution >= 0.6 is 15.9 Å². The van der Waals surface area contributed by atoms with Crippen LogP contribution in [0.15, 0.2) is 21.4 Å². The van der Waals surface area contributed by atoms with Crippen molar-refractivity contribution in [2.75, 3.05) is 6.54 Å². The monoisotopic (exact) mass is 286 g/mol. The lowest BCUT2D eigenvalue weighted by molar-refractivity contribution is 0.0617. The van der Waals surface area contributed by atoms with E-state index in [-0.39, 0.29) is 18.0 Å². The lowest BCUT2D eigenvalue weighted by atomic mass is 9.98. The third-order valence-electron chi connectivity index (χ3n) is 3.03. The molecule has 2 unspecified atom stereocenters. The van der Waals surface area contributed by atoms with E-state index in [1.165, 1.54) is 6.26 Å². The summed E-state index contributed by atoms with van der Waals surface area (Å²) in [5, 5.41) is 0. The van der Waals surface area contributed by atoms with E-state index in [0.29, 0.717) is 10.2 Å². The van der Waals surface area contributed by atoms with Crippen molar-refractivity contribution in [1.82, 2.24) is 4.90 Å². The third-order valence-corrected chi connectivity index (χ3v) is 3.64. The van der Waals surface area contributed by atoms with E-state index in [1.54, 1.807) is 6.07 Å². The number of carbonyl (C=O) groups is 1. The van der Waals surface area contributed by atoms with Crippen molar-refractivity contribution in [1.29, 1.82) is 0 Å². The predicted octanol–water partition coefficient (Wildman–Crippen LogP) is 1.99. The van der Waals surface area contributed by atoms with E-state index in [0.717, 1.165) is 19.4 Å². The average molecular weight is 287 g/mol. The summed E-state index contributed by atoms with van der Waals surface area (Å²) in [5.41, 5.74) is 6.46. The molecule has 1 aliphatic rings. The number of halogens is 1. The molecule has 0 bridgehead atoms. The molecule has 5 heteroatoms. The Morgan fingerprint density at radius 3 is 3.00 bits per heavy atom. The van der Waals surface area contributed by atoms with Gasteiger partial charge in [0.25, 0.3) is 5.91 Å². The van der Waals surface area contributed by atoms with Crippen molar-refractivity contribution in [3.8, 4) is 0 Å². The first-order chi connectivity index (χ1) is 7.59. The fourth-order valence-corrected chi connectivity index (χ4v) is 2.52. The summed E-state index contributed by atoms with van der Waals surface area (Å²) < 4.78 is 5.58. The molecule has 1 aliphatic heterocycles. The Kier molecular flexibility index (Phi) is 3.35. The topological polar surface area (TPSA) is 59.5 Å². The second kappa shape index (κ2) is 4.59.